The van der Waals surface area contributed by atoms with Gasteiger partial charge in [-0.2, -0.15) is 5.10 Å². The van der Waals surface area contributed by atoms with E-state index in [-0.39, 0.29) is 22.7 Å². The van der Waals surface area contributed by atoms with Crippen LogP contribution < -0.4 is 9.62 Å². The van der Waals surface area contributed by atoms with E-state index in [1.165, 1.54) is 13.0 Å². The summed E-state index contributed by atoms with van der Waals surface area (Å²) in [5.74, 6) is 0.197. The average Bonchev–Trinajstić information content (AvgIpc) is 3.24. The lowest BCUT2D eigenvalue weighted by atomic mass is 10.1. The minimum Gasteiger partial charge on any atom is -0.309 e. The number of benzene rings is 1. The van der Waals surface area contributed by atoms with Gasteiger partial charge in [-0.1, -0.05) is 0 Å². The predicted molar refractivity (Wildman–Crippen MR) is 109 cm³/mol. The largest absolute Gasteiger partial charge is 0.309 e. The van der Waals surface area contributed by atoms with Gasteiger partial charge in [0.25, 0.3) is 10.0 Å². The smallest absolute Gasteiger partial charge is 0.263 e. The zero-order valence-corrected chi connectivity index (χ0v) is 16.9. The van der Waals surface area contributed by atoms with Crippen molar-refractivity contribution in [3.63, 3.8) is 0 Å². The number of hydrogen-bond acceptors (Lipinski definition) is 5. The Bertz CT molecular complexity index is 1160. The number of anilines is 2. The molecule has 1 aliphatic rings. The van der Waals surface area contributed by atoms with Gasteiger partial charge in [-0.15, -0.1) is 0 Å². The molecule has 3 aromatic rings. The highest BCUT2D eigenvalue weighted by atomic mass is 32.2. The van der Waals surface area contributed by atoms with E-state index in [4.69, 9.17) is 0 Å². The summed E-state index contributed by atoms with van der Waals surface area (Å²) in [5, 5.41) is 4.29. The Morgan fingerprint density at radius 2 is 1.97 bits per heavy atom. The summed E-state index contributed by atoms with van der Waals surface area (Å²) in [5.41, 5.74) is 2.63. The third-order valence-electron chi connectivity index (χ3n) is 4.89. The van der Waals surface area contributed by atoms with E-state index in [1.54, 1.807) is 46.4 Å². The van der Waals surface area contributed by atoms with E-state index < -0.39 is 10.0 Å². The lowest BCUT2D eigenvalue weighted by molar-refractivity contribution is -0.116. The molecule has 0 saturated carbocycles. The van der Waals surface area contributed by atoms with Crippen LogP contribution in [-0.2, 0) is 27.8 Å². The van der Waals surface area contributed by atoms with Crippen molar-refractivity contribution >= 4 is 27.4 Å². The molecule has 8 nitrogen and oxygen atoms in total. The standard InChI is InChI=1S/C20H21N5O3S/c1-14-11-17-12-18(3-4-19(17)25(14)15(2)26)29(27,28)23-20-7-10-24(22-20)13-16-5-8-21-9-6-16/h3-10,12,14H,11,13H2,1-2H3,(H,22,23). The van der Waals surface area contributed by atoms with Crippen LogP contribution in [0.4, 0.5) is 11.5 Å². The van der Waals surface area contributed by atoms with Gasteiger partial charge in [0.15, 0.2) is 5.82 Å². The summed E-state index contributed by atoms with van der Waals surface area (Å²) in [6.07, 6.45) is 5.74. The van der Waals surface area contributed by atoms with E-state index in [0.717, 1.165) is 16.8 Å². The Kier molecular flexibility index (Phi) is 4.83. The molecule has 1 amide bonds. The van der Waals surface area contributed by atoms with Gasteiger partial charge in [0.1, 0.15) is 0 Å². The number of aromatic nitrogens is 3. The first-order valence-electron chi connectivity index (χ1n) is 9.21. The molecule has 0 saturated heterocycles. The van der Waals surface area contributed by atoms with Crippen LogP contribution in [0.25, 0.3) is 0 Å². The molecule has 1 aromatic carbocycles. The van der Waals surface area contributed by atoms with Crippen molar-refractivity contribution in [2.75, 3.05) is 9.62 Å². The summed E-state index contributed by atoms with van der Waals surface area (Å²) >= 11 is 0. The molecule has 4 rings (SSSR count). The minimum absolute atomic E-state index is 0.0114. The van der Waals surface area contributed by atoms with Gasteiger partial charge in [-0.3, -0.25) is 19.2 Å². The topological polar surface area (TPSA) is 97.2 Å². The van der Waals surface area contributed by atoms with Crippen molar-refractivity contribution < 1.29 is 13.2 Å². The molecule has 9 heteroatoms. The van der Waals surface area contributed by atoms with Gasteiger partial charge in [0.05, 0.1) is 11.4 Å². The Morgan fingerprint density at radius 3 is 2.69 bits per heavy atom. The number of pyridine rings is 1. The SMILES string of the molecule is CC(=O)N1c2ccc(S(=O)(=O)Nc3ccn(Cc4ccncc4)n3)cc2CC1C. The average molecular weight is 411 g/mol. The number of nitrogens with zero attached hydrogens (tertiary/aromatic N) is 4. The second-order valence-corrected chi connectivity index (χ2v) is 8.77. The number of fused-ring (bicyclic) bond motifs is 1. The summed E-state index contributed by atoms with van der Waals surface area (Å²) in [6, 6.07) is 10.2. The van der Waals surface area contributed by atoms with E-state index in [9.17, 15) is 13.2 Å². The van der Waals surface area contributed by atoms with Crippen molar-refractivity contribution in [3.05, 3.63) is 66.1 Å². The van der Waals surface area contributed by atoms with E-state index in [2.05, 4.69) is 14.8 Å². The van der Waals surface area contributed by atoms with Crippen molar-refractivity contribution in [3.8, 4) is 0 Å². The second-order valence-electron chi connectivity index (χ2n) is 7.09. The first kappa shape index (κ1) is 19.1. The molecule has 1 N–H and O–H groups in total. The van der Waals surface area contributed by atoms with Gasteiger partial charge < -0.3 is 4.90 Å². The number of sulfonamides is 1. The normalized spacial score (nSPS) is 15.9. The van der Waals surface area contributed by atoms with Crippen LogP contribution in [0.1, 0.15) is 25.0 Å². The van der Waals surface area contributed by atoms with Gasteiger partial charge in [-0.25, -0.2) is 8.42 Å². The third kappa shape index (κ3) is 3.86. The molecule has 1 unspecified atom stereocenters. The van der Waals surface area contributed by atoms with Crippen LogP contribution in [0.2, 0.25) is 0 Å². The molecule has 0 fully saturated rings. The monoisotopic (exact) mass is 411 g/mol. The summed E-state index contributed by atoms with van der Waals surface area (Å²) in [6.45, 7) is 3.98. The van der Waals surface area contributed by atoms with Crippen LogP contribution in [0.5, 0.6) is 0 Å². The second kappa shape index (κ2) is 7.32. The highest BCUT2D eigenvalue weighted by Gasteiger charge is 2.30. The third-order valence-corrected chi connectivity index (χ3v) is 6.24. The van der Waals surface area contributed by atoms with E-state index >= 15 is 0 Å². The fourth-order valence-electron chi connectivity index (χ4n) is 3.63. The fraction of sp³-hybridized carbons (Fsp3) is 0.250. The Morgan fingerprint density at radius 1 is 1.21 bits per heavy atom. The first-order chi connectivity index (χ1) is 13.8. The van der Waals surface area contributed by atoms with Gasteiger partial charge in [-0.05, 0) is 54.8 Å². The number of carbonyl (C=O) groups is 1. The van der Waals surface area contributed by atoms with Crippen molar-refractivity contribution in [2.24, 2.45) is 0 Å². The molecule has 0 radical (unpaired) electrons. The molecule has 1 atom stereocenters. The maximum Gasteiger partial charge on any atom is 0.263 e. The number of rotatable bonds is 5. The van der Waals surface area contributed by atoms with E-state index in [0.29, 0.717) is 13.0 Å². The molecule has 3 heterocycles. The minimum atomic E-state index is -3.79. The molecule has 1 aliphatic heterocycles. The zero-order valence-electron chi connectivity index (χ0n) is 16.1. The Labute approximate surface area is 169 Å². The maximum absolute atomic E-state index is 12.8. The number of nitrogens with one attached hydrogen (secondary N) is 1. The highest BCUT2D eigenvalue weighted by molar-refractivity contribution is 7.92. The van der Waals surface area contributed by atoms with Crippen molar-refractivity contribution in [1.82, 2.24) is 14.8 Å². The summed E-state index contributed by atoms with van der Waals surface area (Å²) in [7, 11) is -3.79. The van der Waals surface area contributed by atoms with Gasteiger partial charge in [0.2, 0.25) is 5.91 Å². The molecular formula is C20H21N5O3S. The first-order valence-corrected chi connectivity index (χ1v) is 10.7. The van der Waals surface area contributed by atoms with Crippen LogP contribution >= 0.6 is 0 Å². The Hall–Kier alpha value is -3.20. The predicted octanol–water partition coefficient (Wildman–Crippen LogP) is 2.42. The maximum atomic E-state index is 12.8. The zero-order chi connectivity index (χ0) is 20.6. The lowest BCUT2D eigenvalue weighted by Crippen LogP contribution is -2.33. The van der Waals surface area contributed by atoms with Gasteiger partial charge >= 0.3 is 0 Å². The summed E-state index contributed by atoms with van der Waals surface area (Å²) < 4.78 is 29.8. The van der Waals surface area contributed by atoms with Crippen molar-refractivity contribution in [2.45, 2.75) is 37.8 Å². The number of amides is 1. The van der Waals surface area contributed by atoms with Crippen LogP contribution in [-0.4, -0.2) is 35.1 Å². The molecule has 0 spiro atoms. The number of carbonyl (C=O) groups excluding carboxylic acids is 1. The quantitative estimate of drug-likeness (QED) is 0.695. The highest BCUT2D eigenvalue weighted by Crippen LogP contribution is 2.34. The van der Waals surface area contributed by atoms with Crippen LogP contribution in [0, 0.1) is 0 Å². The Balaban J connectivity index is 1.53. The summed E-state index contributed by atoms with van der Waals surface area (Å²) in [4.78, 5) is 17.7. The molecule has 2 aromatic heterocycles. The van der Waals surface area contributed by atoms with Crippen LogP contribution in [0.3, 0.4) is 0 Å². The molecule has 150 valence electrons. The van der Waals surface area contributed by atoms with Crippen LogP contribution in [0.15, 0.2) is 59.9 Å². The number of hydrogen-bond donors (Lipinski definition) is 1. The fourth-order valence-corrected chi connectivity index (χ4v) is 4.68. The molecular weight excluding hydrogens is 390 g/mol. The molecule has 0 bridgehead atoms. The van der Waals surface area contributed by atoms with Gasteiger partial charge in [0, 0.05) is 43.3 Å². The lowest BCUT2D eigenvalue weighted by Gasteiger charge is -2.20. The van der Waals surface area contributed by atoms with Crippen molar-refractivity contribution in [1.29, 1.82) is 0 Å². The molecule has 0 aliphatic carbocycles. The molecule has 29 heavy (non-hydrogen) atoms. The van der Waals surface area contributed by atoms with E-state index in [1.807, 2.05) is 19.1 Å².